The number of ether oxygens (including phenoxy) is 1. The summed E-state index contributed by atoms with van der Waals surface area (Å²) < 4.78 is 19.6. The predicted octanol–water partition coefficient (Wildman–Crippen LogP) is 2.18. The molecule has 0 saturated heterocycles. The second-order valence-corrected chi connectivity index (χ2v) is 5.86. The molecule has 0 bridgehead atoms. The molecular formula is C12H22FNO2. The number of nitrogens with two attached hydrogens (primary N) is 1. The zero-order valence-corrected chi connectivity index (χ0v) is 10.5. The van der Waals surface area contributed by atoms with Crippen molar-refractivity contribution < 1.29 is 13.9 Å². The molecule has 3 unspecified atom stereocenters. The number of alkyl halides is 1. The maximum absolute atomic E-state index is 14.5. The molecule has 0 aromatic rings. The van der Waals surface area contributed by atoms with Gasteiger partial charge in [0, 0.05) is 6.04 Å². The summed E-state index contributed by atoms with van der Waals surface area (Å²) in [4.78, 5) is 11.8. The smallest absolute Gasteiger partial charge is 0.346 e. The number of rotatable bonds is 1. The lowest BCUT2D eigenvalue weighted by Crippen LogP contribution is -2.55. The van der Waals surface area contributed by atoms with Crippen LogP contribution >= 0.6 is 0 Å². The largest absolute Gasteiger partial charge is 0.458 e. The van der Waals surface area contributed by atoms with Crippen LogP contribution in [0, 0.1) is 5.92 Å². The Morgan fingerprint density at radius 3 is 2.50 bits per heavy atom. The van der Waals surface area contributed by atoms with Gasteiger partial charge in [-0.25, -0.2) is 9.18 Å². The first-order chi connectivity index (χ1) is 7.15. The number of halogens is 1. The highest BCUT2D eigenvalue weighted by Crippen LogP contribution is 2.36. The van der Waals surface area contributed by atoms with Crippen molar-refractivity contribution in [2.45, 2.75) is 64.3 Å². The molecule has 2 N–H and O–H groups in total. The van der Waals surface area contributed by atoms with Crippen LogP contribution in [0.5, 0.6) is 0 Å². The summed E-state index contributed by atoms with van der Waals surface area (Å²) in [5.74, 6) is -0.628. The molecule has 4 heteroatoms. The Hall–Kier alpha value is -0.640. The summed E-state index contributed by atoms with van der Waals surface area (Å²) in [6.07, 6.45) is 1.58. The van der Waals surface area contributed by atoms with E-state index in [0.29, 0.717) is 6.42 Å². The summed E-state index contributed by atoms with van der Waals surface area (Å²) in [6.45, 7) is 7.12. The average Bonchev–Trinajstić information content (AvgIpc) is 2.09. The molecule has 1 saturated carbocycles. The van der Waals surface area contributed by atoms with E-state index in [2.05, 4.69) is 0 Å². The highest BCUT2D eigenvalue weighted by atomic mass is 19.1. The normalized spacial score (nSPS) is 35.9. The Morgan fingerprint density at radius 1 is 1.44 bits per heavy atom. The molecule has 0 aromatic heterocycles. The highest BCUT2D eigenvalue weighted by Gasteiger charge is 2.50. The summed E-state index contributed by atoms with van der Waals surface area (Å²) in [7, 11) is 0. The minimum atomic E-state index is -2.01. The van der Waals surface area contributed by atoms with Crippen molar-refractivity contribution >= 4 is 5.97 Å². The van der Waals surface area contributed by atoms with Crippen LogP contribution < -0.4 is 5.73 Å². The first-order valence-corrected chi connectivity index (χ1v) is 5.83. The number of esters is 1. The molecular weight excluding hydrogens is 209 g/mol. The van der Waals surface area contributed by atoms with E-state index in [-0.39, 0.29) is 12.3 Å². The third-order valence-electron chi connectivity index (χ3n) is 2.94. The average molecular weight is 231 g/mol. The highest BCUT2D eigenvalue weighted by molar-refractivity contribution is 5.81. The second-order valence-electron chi connectivity index (χ2n) is 5.86. The summed E-state index contributed by atoms with van der Waals surface area (Å²) in [6, 6.07) is -0.737. The maximum Gasteiger partial charge on any atom is 0.346 e. The third kappa shape index (κ3) is 2.94. The van der Waals surface area contributed by atoms with Crippen LogP contribution in [-0.2, 0) is 9.53 Å². The summed E-state index contributed by atoms with van der Waals surface area (Å²) in [5, 5.41) is 0. The topological polar surface area (TPSA) is 52.3 Å². The van der Waals surface area contributed by atoms with E-state index in [9.17, 15) is 9.18 Å². The van der Waals surface area contributed by atoms with Gasteiger partial charge >= 0.3 is 5.97 Å². The molecule has 0 aromatic carbocycles. The Kier molecular flexibility index (Phi) is 3.62. The van der Waals surface area contributed by atoms with Gasteiger partial charge in [0.2, 0.25) is 5.67 Å². The van der Waals surface area contributed by atoms with Crippen molar-refractivity contribution in [2.75, 3.05) is 0 Å². The molecule has 0 aliphatic heterocycles. The van der Waals surface area contributed by atoms with Crippen molar-refractivity contribution in [2.24, 2.45) is 11.7 Å². The molecule has 3 atom stereocenters. The van der Waals surface area contributed by atoms with Gasteiger partial charge in [0.25, 0.3) is 0 Å². The van der Waals surface area contributed by atoms with Gasteiger partial charge in [-0.2, -0.15) is 0 Å². The van der Waals surface area contributed by atoms with E-state index in [1.165, 1.54) is 0 Å². The van der Waals surface area contributed by atoms with Gasteiger partial charge in [-0.3, -0.25) is 0 Å². The first-order valence-electron chi connectivity index (χ1n) is 5.83. The zero-order valence-electron chi connectivity index (χ0n) is 10.5. The van der Waals surface area contributed by atoms with Gasteiger partial charge in [0.1, 0.15) is 5.60 Å². The standard InChI is InChI=1S/C12H22FNO2/c1-8-5-6-9(14)12(13,7-8)10(15)16-11(2,3)4/h8-9H,5-7,14H2,1-4H3. The molecule has 1 aliphatic carbocycles. The molecule has 0 radical (unpaired) electrons. The Labute approximate surface area is 96.5 Å². The van der Waals surface area contributed by atoms with E-state index in [1.54, 1.807) is 20.8 Å². The van der Waals surface area contributed by atoms with Crippen LogP contribution in [0.3, 0.4) is 0 Å². The molecule has 0 amide bonds. The van der Waals surface area contributed by atoms with E-state index in [1.807, 2.05) is 6.92 Å². The van der Waals surface area contributed by atoms with E-state index in [4.69, 9.17) is 10.5 Å². The maximum atomic E-state index is 14.5. The van der Waals surface area contributed by atoms with Crippen LogP contribution in [-0.4, -0.2) is 23.3 Å². The van der Waals surface area contributed by atoms with Gasteiger partial charge in [0.05, 0.1) is 0 Å². The molecule has 1 rings (SSSR count). The lowest BCUT2D eigenvalue weighted by Gasteiger charge is -2.37. The van der Waals surface area contributed by atoms with Gasteiger partial charge < -0.3 is 10.5 Å². The lowest BCUT2D eigenvalue weighted by atomic mass is 9.77. The van der Waals surface area contributed by atoms with Crippen molar-refractivity contribution in [3.63, 3.8) is 0 Å². The molecule has 16 heavy (non-hydrogen) atoms. The number of carbonyl (C=O) groups is 1. The number of hydrogen-bond donors (Lipinski definition) is 1. The quantitative estimate of drug-likeness (QED) is 0.704. The minimum Gasteiger partial charge on any atom is -0.458 e. The molecule has 94 valence electrons. The third-order valence-corrected chi connectivity index (χ3v) is 2.94. The SMILES string of the molecule is CC1CCC(N)C(F)(C(=O)OC(C)(C)C)C1. The van der Waals surface area contributed by atoms with Crippen LogP contribution in [0.1, 0.15) is 47.0 Å². The van der Waals surface area contributed by atoms with Crippen molar-refractivity contribution in [1.29, 1.82) is 0 Å². The lowest BCUT2D eigenvalue weighted by molar-refractivity contribution is -0.174. The molecule has 1 fully saturated rings. The molecule has 0 heterocycles. The first kappa shape index (κ1) is 13.4. The van der Waals surface area contributed by atoms with Crippen molar-refractivity contribution in [1.82, 2.24) is 0 Å². The fourth-order valence-electron chi connectivity index (χ4n) is 2.05. The van der Waals surface area contributed by atoms with Crippen molar-refractivity contribution in [3.8, 4) is 0 Å². The Balaban J connectivity index is 2.78. The van der Waals surface area contributed by atoms with E-state index >= 15 is 0 Å². The van der Waals surface area contributed by atoms with Crippen LogP contribution in [0.2, 0.25) is 0 Å². The zero-order chi connectivity index (χ0) is 12.6. The van der Waals surface area contributed by atoms with Crippen LogP contribution in [0.15, 0.2) is 0 Å². The van der Waals surface area contributed by atoms with E-state index < -0.39 is 23.3 Å². The van der Waals surface area contributed by atoms with Gasteiger partial charge in [0.15, 0.2) is 0 Å². The monoisotopic (exact) mass is 231 g/mol. The fraction of sp³-hybridized carbons (Fsp3) is 0.917. The minimum absolute atomic E-state index is 0.170. The van der Waals surface area contributed by atoms with Crippen LogP contribution in [0.4, 0.5) is 4.39 Å². The Bertz CT molecular complexity index is 275. The second kappa shape index (κ2) is 4.32. The van der Waals surface area contributed by atoms with Gasteiger partial charge in [-0.05, 0) is 46.0 Å². The predicted molar refractivity (Wildman–Crippen MR) is 60.7 cm³/mol. The summed E-state index contributed by atoms with van der Waals surface area (Å²) >= 11 is 0. The van der Waals surface area contributed by atoms with Crippen LogP contribution in [0.25, 0.3) is 0 Å². The summed E-state index contributed by atoms with van der Waals surface area (Å²) in [5.41, 5.74) is 3.04. The van der Waals surface area contributed by atoms with Gasteiger partial charge in [-0.1, -0.05) is 6.92 Å². The Morgan fingerprint density at radius 2 is 2.00 bits per heavy atom. The molecule has 1 aliphatic rings. The van der Waals surface area contributed by atoms with E-state index in [0.717, 1.165) is 6.42 Å². The molecule has 3 nitrogen and oxygen atoms in total. The molecule has 0 spiro atoms. The number of carbonyl (C=O) groups excluding carboxylic acids is 1. The fourth-order valence-corrected chi connectivity index (χ4v) is 2.05. The number of hydrogen-bond acceptors (Lipinski definition) is 3. The van der Waals surface area contributed by atoms with Gasteiger partial charge in [-0.15, -0.1) is 0 Å². The van der Waals surface area contributed by atoms with Crippen molar-refractivity contribution in [3.05, 3.63) is 0 Å².